The minimum absolute atomic E-state index is 0. The van der Waals surface area contributed by atoms with Crippen molar-refractivity contribution < 1.29 is 29.7 Å². The summed E-state index contributed by atoms with van der Waals surface area (Å²) in [6, 6.07) is 44.2. The highest BCUT2D eigenvalue weighted by Crippen LogP contribution is 2.41. The first kappa shape index (κ1) is 32.8. The Morgan fingerprint density at radius 1 is 0.773 bits per heavy atom. The molecular weight excluding hydrogens is 903 g/mol. The second kappa shape index (κ2) is 16.6. The largest absolute Gasteiger partial charge is 1.00 e. The van der Waals surface area contributed by atoms with Crippen LogP contribution in [0.3, 0.4) is 0 Å². The quantitative estimate of drug-likeness (QED) is 0.115. The molecule has 2 aliphatic rings. The smallest absolute Gasteiger partial charge is 0.138 e. The molecule has 6 heteroatoms. The van der Waals surface area contributed by atoms with E-state index in [0.29, 0.717) is 0 Å². The second-order valence-electron chi connectivity index (χ2n) is 9.66. The highest BCUT2D eigenvalue weighted by atomic mass is 127. The first-order chi connectivity index (χ1) is 21.5. The lowest BCUT2D eigenvalue weighted by molar-refractivity contribution is -0.00000835. The Kier molecular flexibility index (Phi) is 12.4. The van der Waals surface area contributed by atoms with Crippen molar-refractivity contribution in [3.63, 3.8) is 0 Å². The number of halogens is 5. The van der Waals surface area contributed by atoms with Crippen molar-refractivity contribution >= 4 is 81.8 Å². The van der Waals surface area contributed by atoms with Gasteiger partial charge in [-0.25, -0.2) is 0 Å². The molecule has 1 nitrogen and oxygen atoms in total. The molecule has 0 saturated heterocycles. The normalized spacial score (nSPS) is 12.5. The molecule has 0 amide bonds. The van der Waals surface area contributed by atoms with Crippen molar-refractivity contribution in [2.45, 2.75) is 6.42 Å². The van der Waals surface area contributed by atoms with Crippen LogP contribution < -0.4 is 24.0 Å². The van der Waals surface area contributed by atoms with Gasteiger partial charge in [-0.1, -0.05) is 101 Å². The lowest BCUT2D eigenvalue weighted by Gasteiger charge is -2.07. The number of alkyl halides is 1. The van der Waals surface area contributed by atoms with Gasteiger partial charge in [0.05, 0.1) is 25.1 Å². The average molecular weight is 932 g/mol. The van der Waals surface area contributed by atoms with Gasteiger partial charge in [0.2, 0.25) is 0 Å². The van der Waals surface area contributed by atoms with Gasteiger partial charge >= 0.3 is 0 Å². The van der Waals surface area contributed by atoms with E-state index in [9.17, 15) is 4.39 Å². The van der Waals surface area contributed by atoms with Gasteiger partial charge in [-0.05, 0) is 70.6 Å². The molecule has 1 heterocycles. The van der Waals surface area contributed by atoms with E-state index in [-0.39, 0.29) is 24.0 Å². The minimum atomic E-state index is -1.00. The zero-order chi connectivity index (χ0) is 30.9. The van der Waals surface area contributed by atoms with Gasteiger partial charge < -0.3 is 28.5 Å². The molecule has 8 rings (SSSR count). The van der Waals surface area contributed by atoms with Crippen LogP contribution in [0.5, 0.6) is 0 Å². The van der Waals surface area contributed by atoms with E-state index in [1.807, 2.05) is 30.3 Å². The summed E-state index contributed by atoms with van der Waals surface area (Å²) in [6.45, 7) is 0. The number of hydrogen-bond acceptors (Lipinski definition) is 0. The van der Waals surface area contributed by atoms with E-state index in [1.54, 1.807) is 0 Å². The summed E-state index contributed by atoms with van der Waals surface area (Å²) in [4.78, 5) is 0. The molecule has 0 N–H and O–H groups in total. The first-order valence-electron chi connectivity index (χ1n) is 14.3. The van der Waals surface area contributed by atoms with Crippen molar-refractivity contribution in [1.29, 1.82) is 0 Å². The SMILES string of the molecule is BrC1=C[C+]=CC2=C1c1ccccc1C2.Brc1cccc2c1c1ccccc1n2-c1ccccc1.Ic1ccccc1.[2H]CF.[I-]. The Hall–Kier alpha value is -2.62. The molecular formula is C38H28Br2FI2N. The molecule has 0 atom stereocenters. The summed E-state index contributed by atoms with van der Waals surface area (Å²) >= 11 is 9.56. The topological polar surface area (TPSA) is 4.93 Å². The van der Waals surface area contributed by atoms with Gasteiger partial charge in [0.1, 0.15) is 22.2 Å². The number of hydrogen-bond donors (Lipinski definition) is 0. The maximum Gasteiger partial charge on any atom is 0.138 e. The zero-order valence-corrected chi connectivity index (χ0v) is 31.0. The highest BCUT2D eigenvalue weighted by Gasteiger charge is 2.30. The molecule has 2 aliphatic carbocycles. The Morgan fingerprint density at radius 2 is 1.39 bits per heavy atom. The first-order valence-corrected chi connectivity index (χ1v) is 16.3. The van der Waals surface area contributed by atoms with Crippen molar-refractivity contribution in [1.82, 2.24) is 4.57 Å². The van der Waals surface area contributed by atoms with E-state index in [4.69, 9.17) is 1.37 Å². The van der Waals surface area contributed by atoms with E-state index >= 15 is 0 Å². The number of nitrogens with zero attached hydrogens (tertiary/aromatic N) is 1. The van der Waals surface area contributed by atoms with Crippen LogP contribution in [0.15, 0.2) is 154 Å². The minimum Gasteiger partial charge on any atom is -1.00 e. The van der Waals surface area contributed by atoms with Crippen LogP contribution in [0.4, 0.5) is 4.39 Å². The number of benzene rings is 5. The summed E-state index contributed by atoms with van der Waals surface area (Å²) in [5.41, 5.74) is 9.16. The van der Waals surface area contributed by atoms with Gasteiger partial charge in [-0.3, -0.25) is 4.39 Å². The molecule has 0 spiro atoms. The number of aromatic nitrogens is 1. The third kappa shape index (κ3) is 7.60. The monoisotopic (exact) mass is 930 g/mol. The Balaban J connectivity index is 0.000000160. The van der Waals surface area contributed by atoms with Crippen LogP contribution >= 0.6 is 54.5 Å². The van der Waals surface area contributed by atoms with Crippen molar-refractivity contribution in [3.05, 3.63) is 175 Å². The summed E-state index contributed by atoms with van der Waals surface area (Å²) in [5, 5.41) is 2.55. The van der Waals surface area contributed by atoms with E-state index in [2.05, 4.69) is 174 Å². The van der Waals surface area contributed by atoms with E-state index in [0.717, 1.165) is 15.4 Å². The van der Waals surface area contributed by atoms with Crippen LogP contribution in [0, 0.1) is 9.65 Å². The van der Waals surface area contributed by atoms with Crippen LogP contribution in [0.1, 0.15) is 12.5 Å². The second-order valence-corrected chi connectivity index (χ2v) is 12.6. The van der Waals surface area contributed by atoms with Gasteiger partial charge in [0.15, 0.2) is 0 Å². The standard InChI is InChI=1S/C18H12BrN.C13H8Br.C6H5I.CH3F.HI/c19-15-10-6-12-17-18(15)14-9-4-5-11-16(14)20(17)13-7-2-1-3-8-13;14-12-7-3-5-10-8-9-4-1-2-6-11(9)13(10)12;7-6-4-2-1-3-5-6;1-2;/h1-12H;1-2,4-7H,8H2;1-5H;1H3;1H/q;+1;;;/p-1/i;;;1D;. The predicted molar refractivity (Wildman–Crippen MR) is 197 cm³/mol. The number of rotatable bonds is 1. The summed E-state index contributed by atoms with van der Waals surface area (Å²) in [6.07, 6.45) is 8.26. The Labute approximate surface area is 307 Å². The fraction of sp³-hybridized carbons (Fsp3) is 0.0526. The molecule has 44 heavy (non-hydrogen) atoms. The van der Waals surface area contributed by atoms with Crippen molar-refractivity contribution in [2.75, 3.05) is 7.15 Å². The molecule has 5 aromatic carbocycles. The number of para-hydroxylation sites is 2. The molecule has 0 unspecified atom stereocenters. The average Bonchev–Trinajstić information content (AvgIpc) is 3.60. The maximum absolute atomic E-state index is 9.96. The lowest BCUT2D eigenvalue weighted by atomic mass is 10.0. The van der Waals surface area contributed by atoms with Crippen molar-refractivity contribution in [2.24, 2.45) is 0 Å². The maximum atomic E-state index is 9.96. The zero-order valence-electron chi connectivity index (χ0n) is 24.5. The summed E-state index contributed by atoms with van der Waals surface area (Å²) < 4.78 is 21.4. The predicted octanol–water partition coefficient (Wildman–Crippen LogP) is 9.08. The lowest BCUT2D eigenvalue weighted by Crippen LogP contribution is -3.00. The molecule has 6 aromatic rings. The van der Waals surface area contributed by atoms with Crippen LogP contribution in [-0.4, -0.2) is 11.7 Å². The molecule has 0 radical (unpaired) electrons. The molecule has 0 fully saturated rings. The number of fused-ring (bicyclic) bond motifs is 5. The summed E-state index contributed by atoms with van der Waals surface area (Å²) in [5.74, 6) is 0. The Bertz CT molecular complexity index is 1970. The third-order valence-corrected chi connectivity index (χ3v) is 9.09. The summed E-state index contributed by atoms with van der Waals surface area (Å²) in [7, 11) is -1.00. The highest BCUT2D eigenvalue weighted by molar-refractivity contribution is 14.1. The molecule has 0 saturated carbocycles. The molecule has 0 aliphatic heterocycles. The fourth-order valence-electron chi connectivity index (χ4n) is 5.32. The van der Waals surface area contributed by atoms with Crippen molar-refractivity contribution in [3.8, 4) is 5.69 Å². The van der Waals surface area contributed by atoms with Gasteiger partial charge in [0.25, 0.3) is 0 Å². The van der Waals surface area contributed by atoms with Crippen LogP contribution in [0.25, 0.3) is 33.1 Å². The van der Waals surface area contributed by atoms with Gasteiger partial charge in [-0.2, -0.15) is 0 Å². The van der Waals surface area contributed by atoms with Gasteiger partial charge in [-0.15, -0.1) is 0 Å². The van der Waals surface area contributed by atoms with Gasteiger partial charge in [0, 0.05) is 58.5 Å². The van der Waals surface area contributed by atoms with E-state index < -0.39 is 7.15 Å². The molecule has 0 bridgehead atoms. The van der Waals surface area contributed by atoms with Crippen LogP contribution in [-0.2, 0) is 6.42 Å². The number of allylic oxidation sites excluding steroid dienone is 6. The van der Waals surface area contributed by atoms with Crippen LogP contribution in [0.2, 0.25) is 0 Å². The fourth-order valence-corrected chi connectivity index (χ4v) is 6.91. The molecule has 1 aromatic heterocycles. The molecule has 220 valence electrons. The van der Waals surface area contributed by atoms with E-state index in [1.165, 1.54) is 53.3 Å². The Morgan fingerprint density at radius 3 is 2.09 bits per heavy atom. The third-order valence-electron chi connectivity index (χ3n) is 7.09.